The molecular weight excluding hydrogens is 570 g/mol. The molecule has 2 aliphatic heterocycles. The average Bonchev–Trinajstić information content (AvgIpc) is 3.32. The van der Waals surface area contributed by atoms with Crippen molar-refractivity contribution < 1.29 is 29.3 Å². The van der Waals surface area contributed by atoms with Crippen LogP contribution in [-0.4, -0.2) is 84.1 Å². The summed E-state index contributed by atoms with van der Waals surface area (Å²) in [6, 6.07) is 14.4. The summed E-state index contributed by atoms with van der Waals surface area (Å²) in [5, 5.41) is 27.6. The fourth-order valence-electron chi connectivity index (χ4n) is 7.08. The van der Waals surface area contributed by atoms with Crippen molar-refractivity contribution in [2.45, 2.75) is 107 Å². The number of rotatable bonds is 12. The number of aliphatic hydroxyl groups is 2. The maximum atomic E-state index is 13.1. The molecule has 4 atom stereocenters. The molecule has 0 spiro atoms. The van der Waals surface area contributed by atoms with Gasteiger partial charge in [0.2, 0.25) is 17.6 Å². The summed E-state index contributed by atoms with van der Waals surface area (Å²) >= 11 is 0. The molecule has 2 saturated heterocycles. The molecule has 9 nitrogen and oxygen atoms in total. The first kappa shape index (κ1) is 33.5. The van der Waals surface area contributed by atoms with E-state index < -0.39 is 29.1 Å². The lowest BCUT2D eigenvalue weighted by Gasteiger charge is -2.42. The predicted molar refractivity (Wildman–Crippen MR) is 173 cm³/mol. The van der Waals surface area contributed by atoms with Crippen molar-refractivity contribution in [1.82, 2.24) is 15.5 Å². The van der Waals surface area contributed by atoms with Crippen LogP contribution in [0.2, 0.25) is 0 Å². The van der Waals surface area contributed by atoms with Crippen LogP contribution in [0.15, 0.2) is 42.5 Å². The lowest BCUT2D eigenvalue weighted by Crippen LogP contribution is -2.60. The molecule has 246 valence electrons. The summed E-state index contributed by atoms with van der Waals surface area (Å²) in [7, 11) is 3.95. The molecule has 1 aliphatic carbocycles. The normalized spacial score (nSPS) is 27.4. The second kappa shape index (κ2) is 13.9. The molecule has 4 N–H and O–H groups in total. The Kier molecular flexibility index (Phi) is 10.4. The molecule has 5 rings (SSSR count). The van der Waals surface area contributed by atoms with Crippen molar-refractivity contribution in [3.05, 3.63) is 70.3 Å². The van der Waals surface area contributed by atoms with Crippen LogP contribution >= 0.6 is 0 Å². The fourth-order valence-corrected chi connectivity index (χ4v) is 7.08. The van der Waals surface area contributed by atoms with Crippen molar-refractivity contribution >= 4 is 11.8 Å². The van der Waals surface area contributed by atoms with E-state index in [2.05, 4.69) is 41.8 Å². The number of fused-ring (bicyclic) bond motifs is 2. The lowest BCUT2D eigenvalue weighted by atomic mass is 9.80. The topological polar surface area (TPSA) is 120 Å². The van der Waals surface area contributed by atoms with Crippen LogP contribution in [0, 0.1) is 6.92 Å². The Bertz CT molecular complexity index is 1340. The van der Waals surface area contributed by atoms with Crippen molar-refractivity contribution in [3.8, 4) is 0 Å². The van der Waals surface area contributed by atoms with Gasteiger partial charge < -0.3 is 35.2 Å². The van der Waals surface area contributed by atoms with Gasteiger partial charge in [-0.3, -0.25) is 9.59 Å². The third kappa shape index (κ3) is 7.60. The number of hydrogen-bond donors (Lipinski definition) is 4. The molecule has 9 heteroatoms. The zero-order valence-electron chi connectivity index (χ0n) is 27.4. The molecule has 2 aromatic carbocycles. The van der Waals surface area contributed by atoms with Gasteiger partial charge in [0.1, 0.15) is 11.6 Å². The number of ether oxygens (including phenoxy) is 2. The number of likely N-dealkylation sites (N-methyl/N-ethyl adjacent to an activating group) is 1. The van der Waals surface area contributed by atoms with Gasteiger partial charge in [-0.25, -0.2) is 0 Å². The van der Waals surface area contributed by atoms with E-state index >= 15 is 0 Å². The van der Waals surface area contributed by atoms with E-state index in [0.717, 1.165) is 54.5 Å². The average molecular weight is 622 g/mol. The zero-order valence-corrected chi connectivity index (χ0v) is 27.4. The highest BCUT2D eigenvalue weighted by Gasteiger charge is 2.61. The summed E-state index contributed by atoms with van der Waals surface area (Å²) < 4.78 is 12.3. The van der Waals surface area contributed by atoms with Crippen molar-refractivity contribution in [2.75, 3.05) is 33.8 Å². The van der Waals surface area contributed by atoms with Crippen molar-refractivity contribution in [3.63, 3.8) is 0 Å². The van der Waals surface area contributed by atoms with Crippen LogP contribution in [0.4, 0.5) is 0 Å². The number of nitrogens with one attached hydrogen (secondary N) is 2. The Morgan fingerprint density at radius 3 is 2.44 bits per heavy atom. The highest BCUT2D eigenvalue weighted by atomic mass is 16.8. The quantitative estimate of drug-likeness (QED) is 0.287. The predicted octanol–water partition coefficient (Wildman–Crippen LogP) is 3.49. The van der Waals surface area contributed by atoms with Crippen LogP contribution in [-0.2, 0) is 37.7 Å². The van der Waals surface area contributed by atoms with E-state index in [1.165, 1.54) is 0 Å². The first-order valence-electron chi connectivity index (χ1n) is 16.6. The number of amides is 2. The molecule has 3 aliphatic rings. The Labute approximate surface area is 267 Å². The molecule has 0 aromatic heterocycles. The minimum absolute atomic E-state index is 0.0531. The third-order valence-electron chi connectivity index (χ3n) is 9.79. The van der Waals surface area contributed by atoms with E-state index in [0.29, 0.717) is 57.2 Å². The summed E-state index contributed by atoms with van der Waals surface area (Å²) in [6.07, 6.45) is 5.21. The largest absolute Gasteiger partial charge is 0.390 e. The van der Waals surface area contributed by atoms with Gasteiger partial charge in [-0.2, -0.15) is 0 Å². The highest BCUT2D eigenvalue weighted by molar-refractivity contribution is 5.91. The van der Waals surface area contributed by atoms with E-state index in [9.17, 15) is 19.8 Å². The summed E-state index contributed by atoms with van der Waals surface area (Å²) in [5.41, 5.74) is 3.84. The Morgan fingerprint density at radius 1 is 1.02 bits per heavy atom. The van der Waals surface area contributed by atoms with E-state index in [4.69, 9.17) is 9.47 Å². The summed E-state index contributed by atoms with van der Waals surface area (Å²) in [5.74, 6) is -1.47. The van der Waals surface area contributed by atoms with Crippen LogP contribution < -0.4 is 10.6 Å². The summed E-state index contributed by atoms with van der Waals surface area (Å²) in [4.78, 5) is 28.1. The van der Waals surface area contributed by atoms with Gasteiger partial charge in [0, 0.05) is 31.5 Å². The molecule has 45 heavy (non-hydrogen) atoms. The minimum Gasteiger partial charge on any atom is -0.390 e. The monoisotopic (exact) mass is 621 g/mol. The molecule has 2 aromatic rings. The number of aliphatic hydroxyl groups excluding tert-OH is 2. The third-order valence-corrected chi connectivity index (χ3v) is 9.79. The van der Waals surface area contributed by atoms with Crippen LogP contribution in [0.5, 0.6) is 0 Å². The molecule has 0 radical (unpaired) electrons. The number of aryl methyl sites for hydroxylation is 2. The van der Waals surface area contributed by atoms with Gasteiger partial charge in [-0.1, -0.05) is 55.7 Å². The lowest BCUT2D eigenvalue weighted by molar-refractivity contribution is -0.296. The molecule has 2 bridgehead atoms. The zero-order chi connectivity index (χ0) is 32.2. The molecule has 0 unspecified atom stereocenters. The van der Waals surface area contributed by atoms with E-state index in [-0.39, 0.29) is 11.8 Å². The number of carbonyl (C=O) groups is 2. The fraction of sp³-hybridized carbons (Fsp3) is 0.611. The van der Waals surface area contributed by atoms with Crippen LogP contribution in [0.25, 0.3) is 0 Å². The van der Waals surface area contributed by atoms with Gasteiger partial charge in [-0.15, -0.1) is 0 Å². The SMILES string of the molecule is Cc1ccc([C@@]23OC[C@@](C)(C[C@H](O)[C@H]2O)O3)cc1Cc1ccc(CCCC(=O)NC2(C(=O)NCCN(C)C)CCCCC2)cc1. The van der Waals surface area contributed by atoms with Gasteiger partial charge in [-0.05, 0) is 88.4 Å². The molecule has 1 saturated carbocycles. The first-order valence-corrected chi connectivity index (χ1v) is 16.6. The van der Waals surface area contributed by atoms with E-state index in [1.54, 1.807) is 0 Å². The number of benzene rings is 2. The highest BCUT2D eigenvalue weighted by Crippen LogP contribution is 2.49. The molecule has 3 fully saturated rings. The molecular formula is C36H51N3O6. The van der Waals surface area contributed by atoms with Crippen LogP contribution in [0.3, 0.4) is 0 Å². The van der Waals surface area contributed by atoms with Gasteiger partial charge in [0.15, 0.2) is 0 Å². The number of carbonyl (C=O) groups excluding carboxylic acids is 2. The van der Waals surface area contributed by atoms with Gasteiger partial charge >= 0.3 is 0 Å². The van der Waals surface area contributed by atoms with Gasteiger partial charge in [0.05, 0.1) is 18.3 Å². The second-order valence-electron chi connectivity index (χ2n) is 14.0. The minimum atomic E-state index is -1.36. The Morgan fingerprint density at radius 2 is 1.73 bits per heavy atom. The maximum Gasteiger partial charge on any atom is 0.245 e. The van der Waals surface area contributed by atoms with Crippen molar-refractivity contribution in [1.29, 1.82) is 0 Å². The molecule has 2 amide bonds. The Balaban J connectivity index is 1.15. The maximum absolute atomic E-state index is 13.1. The Hall–Kier alpha value is -2.82. The molecule has 2 heterocycles. The van der Waals surface area contributed by atoms with Crippen LogP contribution in [0.1, 0.15) is 86.1 Å². The standard InChI is InChI=1S/C36H51N3O6/c1-25-11-16-29(36-32(42)30(40)23-34(2,45-36)24-44-36)22-28(25)21-27-14-12-26(13-15-27)9-8-10-31(41)38-35(17-6-5-7-18-35)33(43)37-19-20-39(3)4/h11-16,22,30,32,40,42H,5-10,17-21,23-24H2,1-4H3,(H,37,43)(H,38,41)/t30-,32+,34+,36-/m0/s1. The first-order chi connectivity index (χ1) is 21.4. The summed E-state index contributed by atoms with van der Waals surface area (Å²) in [6.45, 7) is 5.63. The number of hydrogen-bond acceptors (Lipinski definition) is 7. The van der Waals surface area contributed by atoms with E-state index in [1.807, 2.05) is 44.1 Å². The number of nitrogens with zero attached hydrogens (tertiary/aromatic N) is 1. The van der Waals surface area contributed by atoms with Crippen molar-refractivity contribution in [2.24, 2.45) is 0 Å². The smallest absolute Gasteiger partial charge is 0.245 e. The van der Waals surface area contributed by atoms with Gasteiger partial charge in [0.25, 0.3) is 0 Å². The second-order valence-corrected chi connectivity index (χ2v) is 14.0.